The quantitative estimate of drug-likeness (QED) is 0.550. The Hall–Kier alpha value is -1.67. The van der Waals surface area contributed by atoms with Gasteiger partial charge in [-0.25, -0.2) is 9.97 Å². The van der Waals surface area contributed by atoms with Gasteiger partial charge in [-0.1, -0.05) is 0 Å². The Labute approximate surface area is 134 Å². The summed E-state index contributed by atoms with van der Waals surface area (Å²) in [4.78, 5) is 9.10. The Morgan fingerprint density at radius 3 is 2.95 bits per heavy atom. The summed E-state index contributed by atoms with van der Waals surface area (Å²) in [5, 5.41) is 18.1. The molecule has 0 aliphatic carbocycles. The van der Waals surface area contributed by atoms with E-state index in [4.69, 9.17) is 0 Å². The van der Waals surface area contributed by atoms with Crippen LogP contribution in [0.3, 0.4) is 0 Å². The van der Waals surface area contributed by atoms with Gasteiger partial charge in [-0.3, -0.25) is 0 Å². The molecule has 118 valence electrons. The van der Waals surface area contributed by atoms with E-state index in [1.54, 1.807) is 18.0 Å². The number of piperidine rings is 1. The first-order valence-corrected chi connectivity index (χ1v) is 8.58. The molecular formula is C14H21N7S. The third kappa shape index (κ3) is 4.17. The molecule has 7 nitrogen and oxygen atoms in total. The molecule has 0 unspecified atom stereocenters. The summed E-state index contributed by atoms with van der Waals surface area (Å²) in [5.74, 6) is 3.22. The van der Waals surface area contributed by atoms with E-state index in [0.717, 1.165) is 54.9 Å². The lowest BCUT2D eigenvalue weighted by atomic mass is 9.94. The average molecular weight is 319 g/mol. The summed E-state index contributed by atoms with van der Waals surface area (Å²) in [6, 6.07) is 2.10. The molecule has 1 saturated heterocycles. The number of thioether (sulfide) groups is 1. The molecule has 1 aliphatic rings. The molecule has 0 saturated carbocycles. The van der Waals surface area contributed by atoms with Crippen molar-refractivity contribution in [1.82, 2.24) is 30.7 Å². The van der Waals surface area contributed by atoms with E-state index in [1.165, 1.54) is 5.69 Å². The molecule has 0 spiro atoms. The van der Waals surface area contributed by atoms with Crippen molar-refractivity contribution < 1.29 is 0 Å². The summed E-state index contributed by atoms with van der Waals surface area (Å²) >= 11 is 1.66. The molecule has 1 fully saturated rings. The Bertz CT molecular complexity index is 581. The molecule has 22 heavy (non-hydrogen) atoms. The number of aryl methyl sites for hydroxylation is 1. The highest BCUT2D eigenvalue weighted by Crippen LogP contribution is 2.25. The normalized spacial score (nSPS) is 15.9. The summed E-state index contributed by atoms with van der Waals surface area (Å²) in [5.41, 5.74) is 1.17. The lowest BCUT2D eigenvalue weighted by molar-refractivity contribution is 0.452. The van der Waals surface area contributed by atoms with Crippen LogP contribution in [0.25, 0.3) is 0 Å². The number of hydrogen-bond donors (Lipinski definition) is 3. The Balaban J connectivity index is 1.55. The van der Waals surface area contributed by atoms with Crippen LogP contribution in [0.4, 0.5) is 5.82 Å². The minimum Gasteiger partial charge on any atom is -0.369 e. The van der Waals surface area contributed by atoms with Crippen LogP contribution in [-0.2, 0) is 0 Å². The number of anilines is 1. The first-order chi connectivity index (χ1) is 10.8. The predicted molar refractivity (Wildman–Crippen MR) is 87.2 cm³/mol. The van der Waals surface area contributed by atoms with Gasteiger partial charge in [0.2, 0.25) is 0 Å². The van der Waals surface area contributed by atoms with Crippen molar-refractivity contribution >= 4 is 17.6 Å². The molecule has 2 aromatic rings. The molecule has 2 aromatic heterocycles. The van der Waals surface area contributed by atoms with Crippen molar-refractivity contribution in [2.45, 2.75) is 30.7 Å². The summed E-state index contributed by atoms with van der Waals surface area (Å²) in [7, 11) is 0. The third-order valence-electron chi connectivity index (χ3n) is 3.67. The molecule has 0 amide bonds. The number of hydrogen-bond acceptors (Lipinski definition) is 7. The fourth-order valence-electron chi connectivity index (χ4n) is 2.60. The number of H-pyrrole nitrogens is 1. The molecule has 3 N–H and O–H groups in total. The minimum absolute atomic E-state index is 0.549. The summed E-state index contributed by atoms with van der Waals surface area (Å²) in [6.07, 6.45) is 4.03. The summed E-state index contributed by atoms with van der Waals surface area (Å²) < 4.78 is 0. The zero-order valence-electron chi connectivity index (χ0n) is 12.7. The van der Waals surface area contributed by atoms with E-state index in [9.17, 15) is 0 Å². The maximum atomic E-state index is 4.62. The maximum absolute atomic E-state index is 4.62. The van der Waals surface area contributed by atoms with E-state index in [0.29, 0.717) is 5.92 Å². The van der Waals surface area contributed by atoms with E-state index in [1.807, 2.05) is 6.92 Å². The highest BCUT2D eigenvalue weighted by molar-refractivity contribution is 7.99. The number of rotatable bonds is 6. The van der Waals surface area contributed by atoms with Crippen LogP contribution in [0.5, 0.6) is 0 Å². The van der Waals surface area contributed by atoms with Crippen LogP contribution in [0.1, 0.15) is 30.3 Å². The zero-order valence-corrected chi connectivity index (χ0v) is 13.5. The monoisotopic (exact) mass is 319 g/mol. The fourth-order valence-corrected chi connectivity index (χ4v) is 3.25. The van der Waals surface area contributed by atoms with Gasteiger partial charge in [-0.15, -0.1) is 16.9 Å². The van der Waals surface area contributed by atoms with Gasteiger partial charge in [0.05, 0.1) is 6.20 Å². The van der Waals surface area contributed by atoms with Crippen molar-refractivity contribution in [2.24, 2.45) is 0 Å². The standard InChI is InChI=1S/C14H21N7S/c1-10-18-12(11-2-4-15-5-3-11)8-13(19-10)16-6-7-22-14-9-17-21-20-14/h8-9,11,15H,2-7H2,1H3,(H,16,18,19)(H,17,20,21). The third-order valence-corrected chi connectivity index (χ3v) is 4.57. The number of nitrogens with one attached hydrogen (secondary N) is 3. The molecule has 1 aliphatic heterocycles. The van der Waals surface area contributed by atoms with E-state index in [-0.39, 0.29) is 0 Å². The molecule has 0 bridgehead atoms. The smallest absolute Gasteiger partial charge is 0.138 e. The highest BCUT2D eigenvalue weighted by Gasteiger charge is 2.17. The van der Waals surface area contributed by atoms with Gasteiger partial charge in [-0.05, 0) is 32.9 Å². The van der Waals surface area contributed by atoms with Crippen LogP contribution in [0.15, 0.2) is 17.3 Å². The average Bonchev–Trinajstić information content (AvgIpc) is 3.05. The van der Waals surface area contributed by atoms with Crippen LogP contribution < -0.4 is 10.6 Å². The van der Waals surface area contributed by atoms with E-state index < -0.39 is 0 Å². The van der Waals surface area contributed by atoms with E-state index >= 15 is 0 Å². The second-order valence-corrected chi connectivity index (χ2v) is 6.45. The van der Waals surface area contributed by atoms with Gasteiger partial charge in [0.15, 0.2) is 0 Å². The Kier molecular flexibility index (Phi) is 5.23. The van der Waals surface area contributed by atoms with Crippen molar-refractivity contribution in [3.05, 3.63) is 23.8 Å². The Morgan fingerprint density at radius 2 is 2.18 bits per heavy atom. The fraction of sp³-hybridized carbons (Fsp3) is 0.571. The predicted octanol–water partition coefficient (Wildman–Crippen LogP) is 1.57. The zero-order chi connectivity index (χ0) is 15.2. The number of aromatic amines is 1. The largest absolute Gasteiger partial charge is 0.369 e. The van der Waals surface area contributed by atoms with Crippen LogP contribution in [0.2, 0.25) is 0 Å². The van der Waals surface area contributed by atoms with Crippen molar-refractivity contribution in [3.8, 4) is 0 Å². The van der Waals surface area contributed by atoms with E-state index in [2.05, 4.69) is 42.1 Å². The van der Waals surface area contributed by atoms with Gasteiger partial charge in [-0.2, -0.15) is 10.3 Å². The lowest BCUT2D eigenvalue weighted by Crippen LogP contribution is -2.27. The topological polar surface area (TPSA) is 91.4 Å². The molecule has 3 heterocycles. The molecule has 8 heteroatoms. The summed E-state index contributed by atoms with van der Waals surface area (Å²) in [6.45, 7) is 4.94. The molecular weight excluding hydrogens is 298 g/mol. The Morgan fingerprint density at radius 1 is 1.32 bits per heavy atom. The van der Waals surface area contributed by atoms with Crippen LogP contribution >= 0.6 is 11.8 Å². The second-order valence-electron chi connectivity index (χ2n) is 5.33. The lowest BCUT2D eigenvalue weighted by Gasteiger charge is -2.22. The maximum Gasteiger partial charge on any atom is 0.138 e. The molecule has 0 atom stereocenters. The molecule has 0 aromatic carbocycles. The van der Waals surface area contributed by atoms with Gasteiger partial charge < -0.3 is 10.6 Å². The first-order valence-electron chi connectivity index (χ1n) is 7.60. The second kappa shape index (κ2) is 7.55. The van der Waals surface area contributed by atoms with Crippen LogP contribution in [-0.4, -0.2) is 50.8 Å². The highest BCUT2D eigenvalue weighted by atomic mass is 32.2. The van der Waals surface area contributed by atoms with Gasteiger partial charge in [0.1, 0.15) is 16.7 Å². The molecule has 3 rings (SSSR count). The van der Waals surface area contributed by atoms with Crippen molar-refractivity contribution in [1.29, 1.82) is 0 Å². The van der Waals surface area contributed by atoms with Crippen molar-refractivity contribution in [3.63, 3.8) is 0 Å². The van der Waals surface area contributed by atoms with Gasteiger partial charge in [0, 0.05) is 30.0 Å². The minimum atomic E-state index is 0.549. The number of aromatic nitrogens is 5. The SMILES string of the molecule is Cc1nc(NCCSc2cn[nH]n2)cc(C2CCNCC2)n1. The van der Waals surface area contributed by atoms with Crippen LogP contribution in [0, 0.1) is 6.92 Å². The van der Waals surface area contributed by atoms with Gasteiger partial charge in [0.25, 0.3) is 0 Å². The van der Waals surface area contributed by atoms with Crippen molar-refractivity contribution in [2.75, 3.05) is 30.7 Å². The number of nitrogens with zero attached hydrogens (tertiary/aromatic N) is 4. The molecule has 0 radical (unpaired) electrons. The first kappa shape index (κ1) is 15.2. The van der Waals surface area contributed by atoms with Gasteiger partial charge >= 0.3 is 0 Å².